The standard InChI is InChI=1S/C17H19NO4/c1-10-4-3-5-12-8-14(22-15(10)12)16(19)18-9-13(17(20)21)7-6-11(18)2/h3-5,8,11,13H,6-7,9H2,1-2H3,(H,20,21). The second kappa shape index (κ2) is 5.48. The van der Waals surface area contributed by atoms with E-state index in [1.807, 2.05) is 32.0 Å². The van der Waals surface area contributed by atoms with Gasteiger partial charge in [-0.05, 0) is 38.3 Å². The highest BCUT2D eigenvalue weighted by Gasteiger charge is 2.34. The molecule has 1 aromatic heterocycles. The molecule has 0 saturated carbocycles. The molecular weight excluding hydrogens is 282 g/mol. The summed E-state index contributed by atoms with van der Waals surface area (Å²) in [7, 11) is 0. The lowest BCUT2D eigenvalue weighted by Gasteiger charge is -2.35. The van der Waals surface area contributed by atoms with Gasteiger partial charge in [0.25, 0.3) is 5.91 Å². The highest BCUT2D eigenvalue weighted by atomic mass is 16.4. The number of carboxylic acid groups (broad SMARTS) is 1. The van der Waals surface area contributed by atoms with Gasteiger partial charge < -0.3 is 14.4 Å². The van der Waals surface area contributed by atoms with Crippen molar-refractivity contribution >= 4 is 22.8 Å². The predicted octanol–water partition coefficient (Wildman–Crippen LogP) is 3.07. The van der Waals surface area contributed by atoms with Crippen molar-refractivity contribution in [1.29, 1.82) is 0 Å². The summed E-state index contributed by atoms with van der Waals surface area (Å²) in [4.78, 5) is 25.5. The van der Waals surface area contributed by atoms with Crippen LogP contribution in [0.15, 0.2) is 28.7 Å². The summed E-state index contributed by atoms with van der Waals surface area (Å²) in [6.07, 6.45) is 1.31. The maximum Gasteiger partial charge on any atom is 0.308 e. The highest BCUT2D eigenvalue weighted by molar-refractivity contribution is 5.97. The first-order valence-electron chi connectivity index (χ1n) is 7.50. The fourth-order valence-electron chi connectivity index (χ4n) is 3.05. The number of fused-ring (bicyclic) bond motifs is 1. The molecule has 1 N–H and O–H groups in total. The lowest BCUT2D eigenvalue weighted by molar-refractivity contribution is -0.143. The molecular formula is C17H19NO4. The fraction of sp³-hybridized carbons (Fsp3) is 0.412. The number of rotatable bonds is 2. The Morgan fingerprint density at radius 1 is 1.32 bits per heavy atom. The smallest absolute Gasteiger partial charge is 0.308 e. The van der Waals surface area contributed by atoms with Gasteiger partial charge in [0.2, 0.25) is 0 Å². The van der Waals surface area contributed by atoms with Crippen molar-refractivity contribution < 1.29 is 19.1 Å². The molecule has 5 heteroatoms. The van der Waals surface area contributed by atoms with Crippen molar-refractivity contribution in [2.24, 2.45) is 5.92 Å². The Hall–Kier alpha value is -2.30. The average Bonchev–Trinajstić information content (AvgIpc) is 2.92. The monoisotopic (exact) mass is 301 g/mol. The van der Waals surface area contributed by atoms with Crippen LogP contribution in [0.1, 0.15) is 35.9 Å². The minimum atomic E-state index is -0.842. The minimum absolute atomic E-state index is 0.0254. The molecule has 1 aliphatic heterocycles. The molecule has 0 spiro atoms. The number of aryl methyl sites for hydroxylation is 1. The van der Waals surface area contributed by atoms with E-state index in [1.54, 1.807) is 11.0 Å². The van der Waals surface area contributed by atoms with Crippen LogP contribution in [0, 0.1) is 12.8 Å². The van der Waals surface area contributed by atoms with Gasteiger partial charge in [0.1, 0.15) is 5.58 Å². The van der Waals surface area contributed by atoms with Crippen LogP contribution in [0.4, 0.5) is 0 Å². The van der Waals surface area contributed by atoms with Crippen LogP contribution in [-0.2, 0) is 4.79 Å². The Kier molecular flexibility index (Phi) is 3.64. The maximum absolute atomic E-state index is 12.7. The number of nitrogens with zero attached hydrogens (tertiary/aromatic N) is 1. The van der Waals surface area contributed by atoms with Crippen molar-refractivity contribution in [1.82, 2.24) is 4.90 Å². The maximum atomic E-state index is 12.7. The molecule has 5 nitrogen and oxygen atoms in total. The zero-order chi connectivity index (χ0) is 15.9. The van der Waals surface area contributed by atoms with Gasteiger partial charge in [0.05, 0.1) is 5.92 Å². The van der Waals surface area contributed by atoms with Crippen LogP contribution in [0.5, 0.6) is 0 Å². The summed E-state index contributed by atoms with van der Waals surface area (Å²) in [6, 6.07) is 7.52. The van der Waals surface area contributed by atoms with Gasteiger partial charge in [0, 0.05) is 18.0 Å². The van der Waals surface area contributed by atoms with Gasteiger partial charge >= 0.3 is 5.97 Å². The van der Waals surface area contributed by atoms with E-state index < -0.39 is 11.9 Å². The molecule has 0 aliphatic carbocycles. The van der Waals surface area contributed by atoms with Crippen molar-refractivity contribution in [2.75, 3.05) is 6.54 Å². The lowest BCUT2D eigenvalue weighted by Crippen LogP contribution is -2.47. The van der Waals surface area contributed by atoms with Crippen LogP contribution in [0.2, 0.25) is 0 Å². The zero-order valence-electron chi connectivity index (χ0n) is 12.7. The Morgan fingerprint density at radius 3 is 2.77 bits per heavy atom. The quantitative estimate of drug-likeness (QED) is 0.925. The number of amides is 1. The number of hydrogen-bond donors (Lipinski definition) is 1. The second-order valence-corrected chi connectivity index (χ2v) is 6.02. The number of carbonyl (C=O) groups excluding carboxylic acids is 1. The number of benzene rings is 1. The van der Waals surface area contributed by atoms with Crippen LogP contribution >= 0.6 is 0 Å². The molecule has 2 atom stereocenters. The molecule has 2 heterocycles. The first-order valence-corrected chi connectivity index (χ1v) is 7.50. The number of piperidine rings is 1. The third-order valence-electron chi connectivity index (χ3n) is 4.44. The third kappa shape index (κ3) is 2.47. The molecule has 1 saturated heterocycles. The average molecular weight is 301 g/mol. The predicted molar refractivity (Wildman–Crippen MR) is 81.8 cm³/mol. The van der Waals surface area contributed by atoms with E-state index in [9.17, 15) is 14.7 Å². The Morgan fingerprint density at radius 2 is 2.09 bits per heavy atom. The second-order valence-electron chi connectivity index (χ2n) is 6.02. The van der Waals surface area contributed by atoms with E-state index in [4.69, 9.17) is 4.42 Å². The summed E-state index contributed by atoms with van der Waals surface area (Å²) in [5, 5.41) is 10.1. The molecule has 22 heavy (non-hydrogen) atoms. The number of para-hydroxylation sites is 1. The molecule has 1 aliphatic rings. The van der Waals surface area contributed by atoms with Crippen molar-refractivity contribution in [2.45, 2.75) is 32.7 Å². The SMILES string of the molecule is Cc1cccc2cc(C(=O)N3CC(C(=O)O)CCC3C)oc12. The van der Waals surface area contributed by atoms with Gasteiger partial charge in [-0.15, -0.1) is 0 Å². The highest BCUT2D eigenvalue weighted by Crippen LogP contribution is 2.27. The van der Waals surface area contributed by atoms with E-state index in [0.717, 1.165) is 10.9 Å². The Balaban J connectivity index is 1.90. The lowest BCUT2D eigenvalue weighted by atomic mass is 9.93. The van der Waals surface area contributed by atoms with E-state index >= 15 is 0 Å². The summed E-state index contributed by atoms with van der Waals surface area (Å²) < 4.78 is 5.72. The first kappa shape index (κ1) is 14.6. The number of carbonyl (C=O) groups is 2. The van der Waals surface area contributed by atoms with E-state index in [2.05, 4.69) is 0 Å². The topological polar surface area (TPSA) is 70.8 Å². The molecule has 0 radical (unpaired) electrons. The molecule has 2 aromatic rings. The van der Waals surface area contributed by atoms with Crippen molar-refractivity contribution in [3.05, 3.63) is 35.6 Å². The van der Waals surface area contributed by atoms with E-state index in [1.165, 1.54) is 0 Å². The summed E-state index contributed by atoms with van der Waals surface area (Å²) >= 11 is 0. The van der Waals surface area contributed by atoms with Gasteiger partial charge in [-0.3, -0.25) is 9.59 Å². The first-order chi connectivity index (χ1) is 10.5. The zero-order valence-corrected chi connectivity index (χ0v) is 12.7. The van der Waals surface area contributed by atoms with Gasteiger partial charge in [-0.1, -0.05) is 18.2 Å². The summed E-state index contributed by atoms with van der Waals surface area (Å²) in [5.41, 5.74) is 1.69. The van der Waals surface area contributed by atoms with Gasteiger partial charge in [-0.25, -0.2) is 0 Å². The van der Waals surface area contributed by atoms with Gasteiger partial charge in [0.15, 0.2) is 5.76 Å². The van der Waals surface area contributed by atoms with Crippen LogP contribution in [0.25, 0.3) is 11.0 Å². The number of aliphatic carboxylic acids is 1. The number of furan rings is 1. The van der Waals surface area contributed by atoms with E-state index in [-0.39, 0.29) is 24.3 Å². The Bertz CT molecular complexity index is 733. The number of likely N-dealkylation sites (tertiary alicyclic amines) is 1. The molecule has 2 unspecified atom stereocenters. The molecule has 1 amide bonds. The van der Waals surface area contributed by atoms with Crippen LogP contribution < -0.4 is 0 Å². The summed E-state index contributed by atoms with van der Waals surface area (Å²) in [6.45, 7) is 4.12. The summed E-state index contributed by atoms with van der Waals surface area (Å²) in [5.74, 6) is -1.28. The van der Waals surface area contributed by atoms with Crippen LogP contribution in [0.3, 0.4) is 0 Å². The van der Waals surface area contributed by atoms with Crippen LogP contribution in [-0.4, -0.2) is 34.5 Å². The number of carboxylic acids is 1. The molecule has 3 rings (SSSR count). The minimum Gasteiger partial charge on any atom is -0.481 e. The molecule has 1 aromatic carbocycles. The largest absolute Gasteiger partial charge is 0.481 e. The fourth-order valence-corrected chi connectivity index (χ4v) is 3.05. The van der Waals surface area contributed by atoms with E-state index in [0.29, 0.717) is 18.4 Å². The molecule has 0 bridgehead atoms. The number of hydrogen-bond acceptors (Lipinski definition) is 3. The normalized spacial score (nSPS) is 22.0. The van der Waals surface area contributed by atoms with Crippen molar-refractivity contribution in [3.63, 3.8) is 0 Å². The third-order valence-corrected chi connectivity index (χ3v) is 4.44. The molecule has 116 valence electrons. The molecule has 1 fully saturated rings. The van der Waals surface area contributed by atoms with Crippen molar-refractivity contribution in [3.8, 4) is 0 Å². The Labute approximate surface area is 128 Å². The van der Waals surface area contributed by atoms with Gasteiger partial charge in [-0.2, -0.15) is 0 Å².